The fourth-order valence-corrected chi connectivity index (χ4v) is 2.79. The lowest BCUT2D eigenvalue weighted by Gasteiger charge is -2.14. The highest BCUT2D eigenvalue weighted by molar-refractivity contribution is 5.86. The second-order valence-corrected chi connectivity index (χ2v) is 7.18. The van der Waals surface area contributed by atoms with Crippen molar-refractivity contribution in [3.8, 4) is 5.88 Å². The summed E-state index contributed by atoms with van der Waals surface area (Å²) in [4.78, 5) is 34.1. The Morgan fingerprint density at radius 2 is 2.09 bits per heavy atom. The molecule has 0 saturated carbocycles. The highest BCUT2D eigenvalue weighted by Crippen LogP contribution is 2.10. The van der Waals surface area contributed by atoms with E-state index in [9.17, 15) is 9.59 Å². The number of nitrogens with two attached hydrogens (primary N) is 1. The van der Waals surface area contributed by atoms with Gasteiger partial charge in [0.15, 0.2) is 0 Å². The maximum atomic E-state index is 12.0. The van der Waals surface area contributed by atoms with E-state index in [0.29, 0.717) is 18.9 Å². The van der Waals surface area contributed by atoms with Gasteiger partial charge < -0.3 is 20.8 Å². The molecular formula is C22H31N7O3. The van der Waals surface area contributed by atoms with Crippen LogP contribution in [0.4, 0.5) is 0 Å². The largest absolute Gasteiger partial charge is 0.478 e. The van der Waals surface area contributed by atoms with E-state index in [4.69, 9.17) is 10.5 Å². The molecule has 10 nitrogen and oxygen atoms in total. The number of carbonyl (C=O) groups is 2. The number of aromatic amines is 1. The molecule has 1 atom stereocenters. The molecule has 172 valence electrons. The van der Waals surface area contributed by atoms with Crippen LogP contribution in [-0.2, 0) is 22.6 Å². The van der Waals surface area contributed by atoms with Crippen molar-refractivity contribution in [2.24, 2.45) is 5.73 Å². The van der Waals surface area contributed by atoms with Crippen LogP contribution < -0.4 is 15.8 Å². The van der Waals surface area contributed by atoms with Gasteiger partial charge in [0.25, 0.3) is 0 Å². The van der Waals surface area contributed by atoms with E-state index in [-0.39, 0.29) is 18.7 Å². The molecule has 4 N–H and O–H groups in total. The maximum absolute atomic E-state index is 12.0. The van der Waals surface area contributed by atoms with Crippen molar-refractivity contribution in [2.45, 2.75) is 52.1 Å². The van der Waals surface area contributed by atoms with Crippen LogP contribution in [0.1, 0.15) is 37.4 Å². The molecule has 0 bridgehead atoms. The number of aromatic nitrogens is 5. The third-order valence-electron chi connectivity index (χ3n) is 4.38. The van der Waals surface area contributed by atoms with Crippen LogP contribution in [0.5, 0.6) is 5.88 Å². The number of hydrogen-bond donors (Lipinski definition) is 3. The molecule has 0 aliphatic carbocycles. The Kier molecular flexibility index (Phi) is 10.4. The lowest BCUT2D eigenvalue weighted by molar-refractivity contribution is -0.127. The summed E-state index contributed by atoms with van der Waals surface area (Å²) in [5.41, 5.74) is 7.29. The number of primary amides is 1. The van der Waals surface area contributed by atoms with Gasteiger partial charge in [-0.3, -0.25) is 14.6 Å². The molecule has 3 aromatic rings. The van der Waals surface area contributed by atoms with Gasteiger partial charge in [-0.25, -0.2) is 9.67 Å². The zero-order valence-corrected chi connectivity index (χ0v) is 18.5. The van der Waals surface area contributed by atoms with Crippen molar-refractivity contribution in [3.05, 3.63) is 60.6 Å². The van der Waals surface area contributed by atoms with Gasteiger partial charge in [0.1, 0.15) is 6.04 Å². The van der Waals surface area contributed by atoms with Gasteiger partial charge >= 0.3 is 0 Å². The minimum atomic E-state index is -0.764. The van der Waals surface area contributed by atoms with Crippen LogP contribution in [0.15, 0.2) is 49.3 Å². The van der Waals surface area contributed by atoms with Crippen molar-refractivity contribution >= 4 is 11.8 Å². The molecule has 0 spiro atoms. The average Bonchev–Trinajstić information content (AvgIpc) is 3.44. The second kappa shape index (κ2) is 13.6. The van der Waals surface area contributed by atoms with E-state index in [2.05, 4.69) is 32.3 Å². The standard InChI is InChI=1S/C16H24N6O3.C6H7N/c1-2-7-22-15(5-6-20-22)25-8-3-4-14(23)21-13(16(17)24)9-12-10-18-11-19-12;1-6-3-2-4-7-5-6/h5-6,10-11,13H,2-4,7-9H2,1H3,(H2,17,24)(H,18,19)(H,21,23);2-5H,1H3/t13-;/m0./s1. The Bertz CT molecular complexity index is 926. The average molecular weight is 442 g/mol. The van der Waals surface area contributed by atoms with Crippen molar-refractivity contribution in [2.75, 3.05) is 6.61 Å². The number of aryl methyl sites for hydroxylation is 2. The highest BCUT2D eigenvalue weighted by atomic mass is 16.5. The quantitative estimate of drug-likeness (QED) is 0.387. The molecule has 3 aromatic heterocycles. The lowest BCUT2D eigenvalue weighted by Crippen LogP contribution is -2.45. The van der Waals surface area contributed by atoms with Crippen molar-refractivity contribution < 1.29 is 14.3 Å². The first kappa shape index (κ1) is 24.6. The van der Waals surface area contributed by atoms with E-state index >= 15 is 0 Å². The SMILES string of the molecule is CCCn1nccc1OCCCC(=O)N[C@@H](Cc1cnc[nH]1)C(N)=O.Cc1cccnc1. The van der Waals surface area contributed by atoms with Gasteiger partial charge in [0, 0.05) is 49.7 Å². The molecule has 2 amide bonds. The van der Waals surface area contributed by atoms with Gasteiger partial charge in [0.2, 0.25) is 17.7 Å². The van der Waals surface area contributed by atoms with Crippen molar-refractivity contribution in [1.82, 2.24) is 30.0 Å². The Hall–Kier alpha value is -3.69. The van der Waals surface area contributed by atoms with Gasteiger partial charge in [-0.2, -0.15) is 5.10 Å². The fourth-order valence-electron chi connectivity index (χ4n) is 2.79. The predicted molar refractivity (Wildman–Crippen MR) is 120 cm³/mol. The Balaban J connectivity index is 0.000000439. The number of pyridine rings is 1. The van der Waals surface area contributed by atoms with Crippen LogP contribution in [0.2, 0.25) is 0 Å². The predicted octanol–water partition coefficient (Wildman–Crippen LogP) is 1.78. The summed E-state index contributed by atoms with van der Waals surface area (Å²) in [6, 6.07) is 4.98. The van der Waals surface area contributed by atoms with E-state index in [1.807, 2.05) is 25.3 Å². The highest BCUT2D eigenvalue weighted by Gasteiger charge is 2.19. The van der Waals surface area contributed by atoms with Crippen LogP contribution in [0.25, 0.3) is 0 Å². The first-order valence-corrected chi connectivity index (χ1v) is 10.6. The van der Waals surface area contributed by atoms with E-state index in [0.717, 1.165) is 18.7 Å². The second-order valence-electron chi connectivity index (χ2n) is 7.18. The van der Waals surface area contributed by atoms with Crippen LogP contribution in [0.3, 0.4) is 0 Å². The minimum Gasteiger partial charge on any atom is -0.478 e. The monoisotopic (exact) mass is 441 g/mol. The third-order valence-corrected chi connectivity index (χ3v) is 4.38. The Morgan fingerprint density at radius 1 is 1.25 bits per heavy atom. The molecular weight excluding hydrogens is 410 g/mol. The minimum absolute atomic E-state index is 0.242. The number of imidazole rings is 1. The fraction of sp³-hybridized carbons (Fsp3) is 0.409. The van der Waals surface area contributed by atoms with E-state index in [1.54, 1.807) is 29.3 Å². The zero-order chi connectivity index (χ0) is 23.2. The molecule has 0 saturated heterocycles. The molecule has 0 radical (unpaired) electrons. The third kappa shape index (κ3) is 8.99. The van der Waals surface area contributed by atoms with Crippen molar-refractivity contribution in [3.63, 3.8) is 0 Å². The molecule has 0 unspecified atom stereocenters. The smallest absolute Gasteiger partial charge is 0.240 e. The first-order chi connectivity index (χ1) is 15.5. The van der Waals surface area contributed by atoms with E-state index in [1.165, 1.54) is 11.9 Å². The van der Waals surface area contributed by atoms with Gasteiger partial charge in [0.05, 0.1) is 19.1 Å². The lowest BCUT2D eigenvalue weighted by atomic mass is 10.1. The summed E-state index contributed by atoms with van der Waals surface area (Å²) < 4.78 is 7.42. The summed E-state index contributed by atoms with van der Waals surface area (Å²) in [5, 5.41) is 6.81. The number of rotatable bonds is 11. The number of amides is 2. The normalized spacial score (nSPS) is 11.2. The number of hydrogen-bond acceptors (Lipinski definition) is 6. The van der Waals surface area contributed by atoms with Gasteiger partial charge in [-0.05, 0) is 31.4 Å². The molecule has 3 rings (SSSR count). The molecule has 32 heavy (non-hydrogen) atoms. The summed E-state index contributed by atoms with van der Waals surface area (Å²) in [6.07, 6.45) is 10.4. The van der Waals surface area contributed by atoms with Crippen LogP contribution in [0, 0.1) is 6.92 Å². The number of nitrogens with one attached hydrogen (secondary N) is 2. The Labute approximate surface area is 187 Å². The summed E-state index contributed by atoms with van der Waals surface area (Å²) in [7, 11) is 0. The maximum Gasteiger partial charge on any atom is 0.240 e. The number of nitrogens with zero attached hydrogens (tertiary/aromatic N) is 4. The number of ether oxygens (including phenoxy) is 1. The molecule has 3 heterocycles. The molecule has 0 aromatic carbocycles. The molecule has 0 fully saturated rings. The van der Waals surface area contributed by atoms with Gasteiger partial charge in [-0.15, -0.1) is 0 Å². The van der Waals surface area contributed by atoms with Gasteiger partial charge in [-0.1, -0.05) is 13.0 Å². The Morgan fingerprint density at radius 3 is 2.69 bits per heavy atom. The van der Waals surface area contributed by atoms with E-state index < -0.39 is 11.9 Å². The summed E-state index contributed by atoms with van der Waals surface area (Å²) in [5.74, 6) is -0.131. The van der Waals surface area contributed by atoms with Crippen LogP contribution in [-0.4, -0.2) is 49.2 Å². The zero-order valence-electron chi connectivity index (χ0n) is 18.5. The number of H-pyrrole nitrogens is 1. The molecule has 0 aliphatic heterocycles. The summed E-state index contributed by atoms with van der Waals surface area (Å²) in [6.45, 7) is 5.27. The van der Waals surface area contributed by atoms with Crippen molar-refractivity contribution in [1.29, 1.82) is 0 Å². The first-order valence-electron chi connectivity index (χ1n) is 10.6. The number of carbonyl (C=O) groups excluding carboxylic acids is 2. The topological polar surface area (TPSA) is 141 Å². The molecule has 10 heteroatoms. The summed E-state index contributed by atoms with van der Waals surface area (Å²) >= 11 is 0. The molecule has 0 aliphatic rings. The van der Waals surface area contributed by atoms with Crippen LogP contribution >= 0.6 is 0 Å².